The number of benzene rings is 1. The van der Waals surface area contributed by atoms with Crippen molar-refractivity contribution in [3.05, 3.63) is 47.5 Å². The van der Waals surface area contributed by atoms with Crippen LogP contribution in [-0.4, -0.2) is 34.4 Å². The summed E-state index contributed by atoms with van der Waals surface area (Å²) in [7, 11) is -1.11. The minimum absolute atomic E-state index is 0.179. The quantitative estimate of drug-likeness (QED) is 0.589. The predicted octanol–water partition coefficient (Wildman–Crippen LogP) is 2.15. The Morgan fingerprint density at radius 2 is 2.11 bits per heavy atom. The highest BCUT2D eigenvalue weighted by molar-refractivity contribution is 7.84. The van der Waals surface area contributed by atoms with Gasteiger partial charge in [-0.1, -0.05) is 29.8 Å². The Morgan fingerprint density at radius 3 is 2.72 bits per heavy atom. The van der Waals surface area contributed by atoms with Gasteiger partial charge in [-0.3, -0.25) is 4.21 Å². The highest BCUT2D eigenvalue weighted by atomic mass is 35.5. The number of ether oxygens (including phenoxy) is 1. The van der Waals surface area contributed by atoms with Gasteiger partial charge in [-0.15, -0.1) is 6.58 Å². The average Bonchev–Trinajstić information content (AvgIpc) is 2.32. The van der Waals surface area contributed by atoms with Crippen molar-refractivity contribution < 1.29 is 14.1 Å². The lowest BCUT2D eigenvalue weighted by atomic mass is 10.2. The van der Waals surface area contributed by atoms with E-state index in [1.807, 2.05) is 12.1 Å². The lowest BCUT2D eigenvalue weighted by molar-refractivity contribution is 0.0620. The molecule has 0 aliphatic rings. The minimum Gasteiger partial charge on any atom is -0.390 e. The Labute approximate surface area is 115 Å². The van der Waals surface area contributed by atoms with Crippen LogP contribution in [0.2, 0.25) is 5.02 Å². The molecule has 1 N–H and O–H groups in total. The first-order chi connectivity index (χ1) is 8.61. The van der Waals surface area contributed by atoms with E-state index in [0.29, 0.717) is 17.4 Å². The van der Waals surface area contributed by atoms with Crippen LogP contribution < -0.4 is 0 Å². The fourth-order valence-corrected chi connectivity index (χ4v) is 2.71. The number of aliphatic hydroxyl groups excluding tert-OH is 1. The highest BCUT2D eigenvalue weighted by Crippen LogP contribution is 2.11. The maximum atomic E-state index is 11.8. The van der Waals surface area contributed by atoms with E-state index >= 15 is 0 Å². The third kappa shape index (κ3) is 6.31. The molecule has 1 aromatic rings. The molecule has 3 nitrogen and oxygen atoms in total. The van der Waals surface area contributed by atoms with E-state index in [4.69, 9.17) is 16.3 Å². The fraction of sp³-hybridized carbons (Fsp3) is 0.385. The van der Waals surface area contributed by atoms with Crippen molar-refractivity contribution >= 4 is 22.4 Å². The third-order valence-electron chi connectivity index (χ3n) is 2.17. The summed E-state index contributed by atoms with van der Waals surface area (Å²) < 4.78 is 16.9. The van der Waals surface area contributed by atoms with E-state index in [0.717, 1.165) is 5.56 Å². The summed E-state index contributed by atoms with van der Waals surface area (Å²) in [5, 5.41) is 10.2. The molecule has 18 heavy (non-hydrogen) atoms. The van der Waals surface area contributed by atoms with Crippen LogP contribution >= 0.6 is 11.6 Å². The van der Waals surface area contributed by atoms with Crippen molar-refractivity contribution in [1.82, 2.24) is 0 Å². The zero-order valence-corrected chi connectivity index (χ0v) is 11.6. The van der Waals surface area contributed by atoms with Crippen LogP contribution in [0.1, 0.15) is 5.56 Å². The number of hydrogen-bond acceptors (Lipinski definition) is 3. The van der Waals surface area contributed by atoms with Gasteiger partial charge in [0.05, 0.1) is 25.1 Å². The van der Waals surface area contributed by atoms with Crippen LogP contribution in [0.25, 0.3) is 0 Å². The van der Waals surface area contributed by atoms with Crippen molar-refractivity contribution in [2.75, 3.05) is 19.0 Å². The van der Waals surface area contributed by atoms with E-state index < -0.39 is 16.9 Å². The standard InChI is InChI=1S/C13H17ClO3S/c1-2-7-17-8-13(15)10-18(16)9-11-3-5-12(14)6-4-11/h2-6,13,15H,1,7-10H2/t13-,18-/m1/s1. The molecular formula is C13H17ClO3S. The second kappa shape index (κ2) is 8.43. The molecule has 5 heteroatoms. The summed E-state index contributed by atoms with van der Waals surface area (Å²) in [5.41, 5.74) is 0.942. The lowest BCUT2D eigenvalue weighted by Gasteiger charge is -2.10. The second-order valence-electron chi connectivity index (χ2n) is 3.86. The molecule has 1 rings (SSSR count). The monoisotopic (exact) mass is 288 g/mol. The van der Waals surface area contributed by atoms with E-state index in [2.05, 4.69) is 6.58 Å². The van der Waals surface area contributed by atoms with Crippen LogP contribution in [0.15, 0.2) is 36.9 Å². The topological polar surface area (TPSA) is 46.5 Å². The molecule has 0 bridgehead atoms. The van der Waals surface area contributed by atoms with Crippen molar-refractivity contribution in [2.24, 2.45) is 0 Å². The van der Waals surface area contributed by atoms with Crippen molar-refractivity contribution in [3.8, 4) is 0 Å². The SMILES string of the molecule is C=CCOC[C@@H](O)C[S@](=O)Cc1ccc(Cl)cc1. The van der Waals surface area contributed by atoms with Gasteiger partial charge in [0, 0.05) is 21.6 Å². The normalized spacial score (nSPS) is 14.1. The molecule has 0 saturated heterocycles. The van der Waals surface area contributed by atoms with Crippen LogP contribution in [-0.2, 0) is 21.3 Å². The number of halogens is 1. The van der Waals surface area contributed by atoms with E-state index in [1.54, 1.807) is 18.2 Å². The molecule has 0 radical (unpaired) electrons. The van der Waals surface area contributed by atoms with Crippen molar-refractivity contribution in [1.29, 1.82) is 0 Å². The number of aliphatic hydroxyl groups is 1. The van der Waals surface area contributed by atoms with Gasteiger partial charge in [0.15, 0.2) is 0 Å². The maximum absolute atomic E-state index is 11.8. The van der Waals surface area contributed by atoms with Gasteiger partial charge in [-0.2, -0.15) is 0 Å². The zero-order chi connectivity index (χ0) is 13.4. The summed E-state index contributed by atoms with van der Waals surface area (Å²) in [6.07, 6.45) is 0.898. The Morgan fingerprint density at radius 1 is 1.44 bits per heavy atom. The first kappa shape index (κ1) is 15.4. The summed E-state index contributed by atoms with van der Waals surface area (Å²) in [5.74, 6) is 0.620. The molecule has 0 unspecified atom stereocenters. The van der Waals surface area contributed by atoms with Crippen LogP contribution in [0.3, 0.4) is 0 Å². The van der Waals surface area contributed by atoms with Gasteiger partial charge in [0.1, 0.15) is 0 Å². The zero-order valence-electron chi connectivity index (χ0n) is 10.0. The summed E-state index contributed by atoms with van der Waals surface area (Å²) in [6.45, 7) is 4.07. The number of rotatable bonds is 8. The van der Waals surface area contributed by atoms with E-state index in [9.17, 15) is 9.32 Å². The van der Waals surface area contributed by atoms with Gasteiger partial charge in [0.25, 0.3) is 0 Å². The second-order valence-corrected chi connectivity index (χ2v) is 5.80. The summed E-state index contributed by atoms with van der Waals surface area (Å²) in [4.78, 5) is 0. The van der Waals surface area contributed by atoms with E-state index in [1.165, 1.54) is 0 Å². The van der Waals surface area contributed by atoms with Gasteiger partial charge in [-0.05, 0) is 17.7 Å². The van der Waals surface area contributed by atoms with E-state index in [-0.39, 0.29) is 12.4 Å². The Kier molecular flexibility index (Phi) is 7.20. The smallest absolute Gasteiger partial charge is 0.0888 e. The molecule has 1 aromatic carbocycles. The van der Waals surface area contributed by atoms with Gasteiger partial charge in [-0.25, -0.2) is 0 Å². The molecule has 2 atom stereocenters. The molecule has 0 aliphatic heterocycles. The first-order valence-electron chi connectivity index (χ1n) is 5.58. The summed E-state index contributed by atoms with van der Waals surface area (Å²) >= 11 is 5.76. The molecular weight excluding hydrogens is 272 g/mol. The molecule has 0 spiro atoms. The van der Waals surface area contributed by atoms with Crippen molar-refractivity contribution in [2.45, 2.75) is 11.9 Å². The fourth-order valence-electron chi connectivity index (χ4n) is 1.38. The minimum atomic E-state index is -1.11. The molecule has 0 aliphatic carbocycles. The number of hydrogen-bond donors (Lipinski definition) is 1. The molecule has 0 saturated carbocycles. The Bertz CT molecular complexity index is 392. The molecule has 0 amide bonds. The van der Waals surface area contributed by atoms with Crippen LogP contribution in [0, 0.1) is 0 Å². The molecule has 0 heterocycles. The lowest BCUT2D eigenvalue weighted by Crippen LogP contribution is -2.23. The van der Waals surface area contributed by atoms with Gasteiger partial charge < -0.3 is 9.84 Å². The molecule has 100 valence electrons. The molecule has 0 aromatic heterocycles. The van der Waals surface area contributed by atoms with Gasteiger partial charge >= 0.3 is 0 Å². The van der Waals surface area contributed by atoms with Crippen molar-refractivity contribution in [3.63, 3.8) is 0 Å². The Balaban J connectivity index is 2.32. The Hall–Kier alpha value is -0.680. The maximum Gasteiger partial charge on any atom is 0.0888 e. The highest BCUT2D eigenvalue weighted by Gasteiger charge is 2.10. The predicted molar refractivity (Wildman–Crippen MR) is 75.2 cm³/mol. The average molecular weight is 289 g/mol. The molecule has 0 fully saturated rings. The van der Waals surface area contributed by atoms with Crippen LogP contribution in [0.5, 0.6) is 0 Å². The van der Waals surface area contributed by atoms with Gasteiger partial charge in [0.2, 0.25) is 0 Å². The van der Waals surface area contributed by atoms with Crippen LogP contribution in [0.4, 0.5) is 0 Å². The largest absolute Gasteiger partial charge is 0.390 e. The summed E-state index contributed by atoms with van der Waals surface area (Å²) in [6, 6.07) is 7.19. The third-order valence-corrected chi connectivity index (χ3v) is 3.83. The first-order valence-corrected chi connectivity index (χ1v) is 7.44.